The zero-order chi connectivity index (χ0) is 18.1. The van der Waals surface area contributed by atoms with Crippen molar-refractivity contribution < 1.29 is 4.74 Å². The molecular weight excluding hydrogens is 465 g/mol. The lowest BCUT2D eigenvalue weighted by Crippen LogP contribution is -2.42. The number of hydrogen-bond donors (Lipinski definition) is 2. The van der Waals surface area contributed by atoms with Crippen LogP contribution < -0.4 is 15.4 Å². The predicted octanol–water partition coefficient (Wildman–Crippen LogP) is 3.49. The van der Waals surface area contributed by atoms with Crippen molar-refractivity contribution >= 4 is 41.5 Å². The quantitative estimate of drug-likeness (QED) is 0.257. The third kappa shape index (κ3) is 8.27. The van der Waals surface area contributed by atoms with Crippen LogP contribution in [0.25, 0.3) is 0 Å². The zero-order valence-corrected chi connectivity index (χ0v) is 18.5. The van der Waals surface area contributed by atoms with Gasteiger partial charge in [0, 0.05) is 31.4 Å². The van der Waals surface area contributed by atoms with Gasteiger partial charge in [-0.25, -0.2) is 0 Å². The van der Waals surface area contributed by atoms with Crippen LogP contribution in [0.15, 0.2) is 41.7 Å². The molecule has 0 aliphatic rings. The average Bonchev–Trinajstić information content (AvgIpc) is 3.01. The molecule has 0 aliphatic carbocycles. The van der Waals surface area contributed by atoms with E-state index in [0.29, 0.717) is 11.6 Å². The van der Waals surface area contributed by atoms with Gasteiger partial charge in [0.15, 0.2) is 5.96 Å². The third-order valence-electron chi connectivity index (χ3n) is 3.55. The number of halogens is 2. The number of nitrogens with one attached hydrogen (secondary N) is 2. The summed E-state index contributed by atoms with van der Waals surface area (Å²) in [5, 5.41) is 11.5. The molecule has 0 bridgehead atoms. The van der Waals surface area contributed by atoms with Crippen LogP contribution in [0.2, 0.25) is 5.02 Å². The highest BCUT2D eigenvalue weighted by Crippen LogP contribution is 2.16. The van der Waals surface area contributed by atoms with Crippen LogP contribution in [0.4, 0.5) is 0 Å². The van der Waals surface area contributed by atoms with Gasteiger partial charge in [-0.05, 0) is 50.1 Å². The van der Waals surface area contributed by atoms with E-state index in [1.165, 1.54) is 5.56 Å². The molecule has 144 valence electrons. The van der Waals surface area contributed by atoms with Crippen LogP contribution in [0.5, 0.6) is 5.75 Å². The summed E-state index contributed by atoms with van der Waals surface area (Å²) in [6, 6.07) is 7.36. The van der Waals surface area contributed by atoms with Gasteiger partial charge in [0.1, 0.15) is 11.9 Å². The first-order valence-electron chi connectivity index (χ1n) is 8.42. The van der Waals surface area contributed by atoms with Crippen molar-refractivity contribution in [2.75, 3.05) is 20.1 Å². The van der Waals surface area contributed by atoms with Gasteiger partial charge in [-0.3, -0.25) is 9.67 Å². The fraction of sp³-hybridized carbons (Fsp3) is 0.444. The molecule has 0 radical (unpaired) electrons. The summed E-state index contributed by atoms with van der Waals surface area (Å²) in [7, 11) is 1.76. The maximum absolute atomic E-state index is 5.87. The fourth-order valence-electron chi connectivity index (χ4n) is 2.29. The Morgan fingerprint density at radius 1 is 1.31 bits per heavy atom. The van der Waals surface area contributed by atoms with E-state index >= 15 is 0 Å². The Morgan fingerprint density at radius 2 is 2.04 bits per heavy atom. The molecule has 1 unspecified atom stereocenters. The van der Waals surface area contributed by atoms with Crippen LogP contribution in [0, 0.1) is 6.92 Å². The molecule has 1 aromatic carbocycles. The minimum absolute atomic E-state index is 0. The molecule has 2 rings (SSSR count). The first-order valence-corrected chi connectivity index (χ1v) is 8.80. The number of aliphatic imine (C=N–C) groups is 1. The Balaban J connectivity index is 0.00000338. The Labute approximate surface area is 177 Å². The monoisotopic (exact) mass is 491 g/mol. The molecule has 0 amide bonds. The highest BCUT2D eigenvalue weighted by Gasteiger charge is 2.06. The molecule has 0 saturated heterocycles. The Bertz CT molecular complexity index is 674. The average molecular weight is 492 g/mol. The molecule has 1 atom stereocenters. The molecule has 26 heavy (non-hydrogen) atoms. The third-order valence-corrected chi connectivity index (χ3v) is 3.80. The lowest BCUT2D eigenvalue weighted by atomic mass is 10.3. The van der Waals surface area contributed by atoms with Gasteiger partial charge in [-0.1, -0.05) is 11.6 Å². The number of aromatic nitrogens is 2. The summed E-state index contributed by atoms with van der Waals surface area (Å²) in [5.74, 6) is 1.57. The van der Waals surface area contributed by atoms with Gasteiger partial charge in [-0.2, -0.15) is 5.10 Å². The van der Waals surface area contributed by atoms with Crippen molar-refractivity contribution in [3.8, 4) is 5.75 Å². The van der Waals surface area contributed by atoms with Crippen molar-refractivity contribution in [1.29, 1.82) is 0 Å². The largest absolute Gasteiger partial charge is 0.489 e. The van der Waals surface area contributed by atoms with Crippen molar-refractivity contribution in [3.05, 3.63) is 47.2 Å². The lowest BCUT2D eigenvalue weighted by Gasteiger charge is -2.17. The van der Waals surface area contributed by atoms with Crippen LogP contribution in [0.3, 0.4) is 0 Å². The standard InChI is InChI=1S/C18H26ClN5O.HI/c1-14-11-23-24(13-14)10-4-9-21-18(20-3)22-12-15(2)25-17-7-5-16(19)6-8-17;/h5-8,11,13,15H,4,9-10,12H2,1-3H3,(H2,20,21,22);1H. The number of hydrogen-bond acceptors (Lipinski definition) is 3. The number of aryl methyl sites for hydroxylation is 2. The molecule has 0 spiro atoms. The van der Waals surface area contributed by atoms with E-state index in [2.05, 4.69) is 20.7 Å². The van der Waals surface area contributed by atoms with Gasteiger partial charge in [0.25, 0.3) is 0 Å². The van der Waals surface area contributed by atoms with Crippen molar-refractivity contribution in [2.45, 2.75) is 32.9 Å². The Hall–Kier alpha value is -1.48. The van der Waals surface area contributed by atoms with Gasteiger partial charge in [0.2, 0.25) is 0 Å². The minimum atomic E-state index is 0. The maximum Gasteiger partial charge on any atom is 0.191 e. The summed E-state index contributed by atoms with van der Waals surface area (Å²) in [6.45, 7) is 6.41. The smallest absolute Gasteiger partial charge is 0.191 e. The summed E-state index contributed by atoms with van der Waals surface area (Å²) in [5.41, 5.74) is 1.18. The minimum Gasteiger partial charge on any atom is -0.489 e. The second-order valence-corrected chi connectivity index (χ2v) is 6.33. The van der Waals surface area contributed by atoms with E-state index in [-0.39, 0.29) is 30.1 Å². The van der Waals surface area contributed by atoms with Gasteiger partial charge in [0.05, 0.1) is 12.7 Å². The number of rotatable bonds is 8. The van der Waals surface area contributed by atoms with Gasteiger partial charge in [-0.15, -0.1) is 24.0 Å². The molecule has 6 nitrogen and oxygen atoms in total. The number of benzene rings is 1. The molecule has 1 aromatic heterocycles. The highest BCUT2D eigenvalue weighted by atomic mass is 127. The molecule has 2 N–H and O–H groups in total. The summed E-state index contributed by atoms with van der Waals surface area (Å²) < 4.78 is 7.79. The van der Waals surface area contributed by atoms with Crippen LogP contribution in [-0.2, 0) is 6.54 Å². The molecule has 0 aliphatic heterocycles. The van der Waals surface area contributed by atoms with E-state index < -0.39 is 0 Å². The van der Waals surface area contributed by atoms with E-state index in [1.54, 1.807) is 7.05 Å². The first-order chi connectivity index (χ1) is 12.1. The van der Waals surface area contributed by atoms with E-state index in [4.69, 9.17) is 16.3 Å². The van der Waals surface area contributed by atoms with E-state index in [9.17, 15) is 0 Å². The molecule has 0 saturated carbocycles. The number of nitrogens with zero attached hydrogens (tertiary/aromatic N) is 3. The predicted molar refractivity (Wildman–Crippen MR) is 118 cm³/mol. The molecule has 0 fully saturated rings. The second kappa shape index (κ2) is 12.0. The normalized spacial score (nSPS) is 12.2. The molecule has 2 aromatic rings. The molecule has 1 heterocycles. The van der Waals surface area contributed by atoms with Crippen LogP contribution in [0.1, 0.15) is 18.9 Å². The van der Waals surface area contributed by atoms with Crippen molar-refractivity contribution in [2.24, 2.45) is 4.99 Å². The van der Waals surface area contributed by atoms with Gasteiger partial charge >= 0.3 is 0 Å². The maximum atomic E-state index is 5.87. The summed E-state index contributed by atoms with van der Waals surface area (Å²) in [4.78, 5) is 4.23. The molecular formula is C18H27ClIN5O. The van der Waals surface area contributed by atoms with Crippen molar-refractivity contribution in [1.82, 2.24) is 20.4 Å². The van der Waals surface area contributed by atoms with Crippen LogP contribution >= 0.6 is 35.6 Å². The Morgan fingerprint density at radius 3 is 2.65 bits per heavy atom. The fourth-order valence-corrected chi connectivity index (χ4v) is 2.41. The second-order valence-electron chi connectivity index (χ2n) is 5.90. The lowest BCUT2D eigenvalue weighted by molar-refractivity contribution is 0.224. The Kier molecular flexibility index (Phi) is 10.4. The van der Waals surface area contributed by atoms with Gasteiger partial charge < -0.3 is 15.4 Å². The summed E-state index contributed by atoms with van der Waals surface area (Å²) >= 11 is 5.87. The summed E-state index contributed by atoms with van der Waals surface area (Å²) in [6.07, 6.45) is 4.89. The highest BCUT2D eigenvalue weighted by molar-refractivity contribution is 14.0. The SMILES string of the molecule is CN=C(NCCCn1cc(C)cn1)NCC(C)Oc1ccc(Cl)cc1.I. The van der Waals surface area contributed by atoms with E-state index in [0.717, 1.165) is 31.2 Å². The van der Waals surface area contributed by atoms with Crippen LogP contribution in [-0.4, -0.2) is 42.0 Å². The van der Waals surface area contributed by atoms with E-state index in [1.807, 2.05) is 55.2 Å². The number of guanidine groups is 1. The number of ether oxygens (including phenoxy) is 1. The first kappa shape index (κ1) is 22.6. The topological polar surface area (TPSA) is 63.5 Å². The molecule has 8 heteroatoms. The van der Waals surface area contributed by atoms with Crippen molar-refractivity contribution in [3.63, 3.8) is 0 Å². The zero-order valence-electron chi connectivity index (χ0n) is 15.4.